The van der Waals surface area contributed by atoms with Crippen LogP contribution in [0.25, 0.3) is 0 Å². The zero-order valence-corrected chi connectivity index (χ0v) is 8.74. The molecule has 0 amide bonds. The SMILES string of the molecule is CC(C)(C)C(=O)CC1CC(O)C(=O)O1. The topological polar surface area (TPSA) is 63.6 Å². The molecule has 0 aromatic heterocycles. The fourth-order valence-electron chi connectivity index (χ4n) is 1.27. The highest BCUT2D eigenvalue weighted by Gasteiger charge is 2.35. The monoisotopic (exact) mass is 200 g/mol. The van der Waals surface area contributed by atoms with Crippen LogP contribution in [0.2, 0.25) is 0 Å². The number of carbonyl (C=O) groups is 2. The van der Waals surface area contributed by atoms with E-state index >= 15 is 0 Å². The normalized spacial score (nSPS) is 27.6. The predicted molar refractivity (Wildman–Crippen MR) is 49.6 cm³/mol. The third kappa shape index (κ3) is 2.54. The largest absolute Gasteiger partial charge is 0.460 e. The van der Waals surface area contributed by atoms with Gasteiger partial charge in [0.05, 0.1) is 0 Å². The minimum atomic E-state index is -1.05. The lowest BCUT2D eigenvalue weighted by Crippen LogP contribution is -2.25. The fourth-order valence-corrected chi connectivity index (χ4v) is 1.27. The van der Waals surface area contributed by atoms with Gasteiger partial charge in [0.2, 0.25) is 0 Å². The molecule has 0 spiro atoms. The number of ketones is 1. The van der Waals surface area contributed by atoms with E-state index < -0.39 is 23.6 Å². The second-order valence-electron chi connectivity index (χ2n) is 4.69. The third-order valence-electron chi connectivity index (χ3n) is 2.29. The van der Waals surface area contributed by atoms with E-state index in [1.165, 1.54) is 0 Å². The average Bonchev–Trinajstić information content (AvgIpc) is 2.29. The lowest BCUT2D eigenvalue weighted by atomic mass is 9.87. The first-order valence-electron chi connectivity index (χ1n) is 4.72. The van der Waals surface area contributed by atoms with Gasteiger partial charge in [0.1, 0.15) is 11.9 Å². The first-order chi connectivity index (χ1) is 6.30. The van der Waals surface area contributed by atoms with E-state index in [4.69, 9.17) is 9.84 Å². The molecule has 80 valence electrons. The van der Waals surface area contributed by atoms with Crippen molar-refractivity contribution in [1.29, 1.82) is 0 Å². The molecule has 0 radical (unpaired) electrons. The molecule has 1 aliphatic heterocycles. The van der Waals surface area contributed by atoms with Crippen LogP contribution in [0.4, 0.5) is 0 Å². The molecule has 1 fully saturated rings. The summed E-state index contributed by atoms with van der Waals surface area (Å²) in [5, 5.41) is 9.10. The maximum absolute atomic E-state index is 11.6. The number of hydrogen-bond donors (Lipinski definition) is 1. The molecule has 0 aromatic rings. The van der Waals surface area contributed by atoms with Gasteiger partial charge >= 0.3 is 5.97 Å². The van der Waals surface area contributed by atoms with Crippen LogP contribution in [0.1, 0.15) is 33.6 Å². The molecule has 0 aliphatic carbocycles. The van der Waals surface area contributed by atoms with E-state index in [1.807, 2.05) is 20.8 Å². The molecule has 0 saturated carbocycles. The van der Waals surface area contributed by atoms with Crippen LogP contribution in [0.15, 0.2) is 0 Å². The van der Waals surface area contributed by atoms with Gasteiger partial charge in [0, 0.05) is 18.3 Å². The molecular formula is C10H16O4. The zero-order valence-electron chi connectivity index (χ0n) is 8.74. The summed E-state index contributed by atoms with van der Waals surface area (Å²) in [4.78, 5) is 22.4. The number of cyclic esters (lactones) is 1. The van der Waals surface area contributed by atoms with Crippen molar-refractivity contribution < 1.29 is 19.4 Å². The van der Waals surface area contributed by atoms with Crippen molar-refractivity contribution in [3.63, 3.8) is 0 Å². The van der Waals surface area contributed by atoms with Crippen LogP contribution in [-0.2, 0) is 14.3 Å². The number of aliphatic hydroxyl groups is 1. The minimum absolute atomic E-state index is 0.0457. The van der Waals surface area contributed by atoms with E-state index in [2.05, 4.69) is 0 Å². The van der Waals surface area contributed by atoms with Crippen LogP contribution < -0.4 is 0 Å². The summed E-state index contributed by atoms with van der Waals surface area (Å²) in [6.07, 6.45) is -1.05. The first kappa shape index (κ1) is 11.2. The minimum Gasteiger partial charge on any atom is -0.460 e. The molecule has 0 aromatic carbocycles. The smallest absolute Gasteiger partial charge is 0.335 e. The lowest BCUT2D eigenvalue weighted by molar-refractivity contribution is -0.148. The Morgan fingerprint density at radius 3 is 2.50 bits per heavy atom. The van der Waals surface area contributed by atoms with E-state index in [0.717, 1.165) is 0 Å². The fraction of sp³-hybridized carbons (Fsp3) is 0.800. The summed E-state index contributed by atoms with van der Waals surface area (Å²) in [6.45, 7) is 5.47. The van der Waals surface area contributed by atoms with Crippen molar-refractivity contribution in [2.24, 2.45) is 5.41 Å². The summed E-state index contributed by atoms with van der Waals surface area (Å²) in [7, 11) is 0. The second kappa shape index (κ2) is 3.69. The molecule has 1 heterocycles. The summed E-state index contributed by atoms with van der Waals surface area (Å²) in [6, 6.07) is 0. The number of aliphatic hydroxyl groups excluding tert-OH is 1. The Bertz CT molecular complexity index is 251. The Kier molecular flexibility index (Phi) is 2.95. The van der Waals surface area contributed by atoms with Gasteiger partial charge in [-0.15, -0.1) is 0 Å². The van der Waals surface area contributed by atoms with Crippen molar-refractivity contribution in [2.45, 2.75) is 45.8 Å². The van der Waals surface area contributed by atoms with Crippen LogP contribution in [0.3, 0.4) is 0 Å². The van der Waals surface area contributed by atoms with E-state index in [9.17, 15) is 9.59 Å². The number of hydrogen-bond acceptors (Lipinski definition) is 4. The van der Waals surface area contributed by atoms with Crippen LogP contribution in [-0.4, -0.2) is 29.1 Å². The predicted octanol–water partition coefficient (Wildman–Crippen LogP) is 0.668. The number of Topliss-reactive ketones (excluding diaryl/α,β-unsaturated/α-hetero) is 1. The number of carbonyl (C=O) groups excluding carboxylic acids is 2. The molecule has 14 heavy (non-hydrogen) atoms. The van der Waals surface area contributed by atoms with Crippen molar-refractivity contribution in [1.82, 2.24) is 0 Å². The molecule has 0 bridgehead atoms. The van der Waals surface area contributed by atoms with E-state index in [1.54, 1.807) is 0 Å². The van der Waals surface area contributed by atoms with E-state index in [0.29, 0.717) is 0 Å². The summed E-state index contributed by atoms with van der Waals surface area (Å²) >= 11 is 0. The highest BCUT2D eigenvalue weighted by molar-refractivity contribution is 5.85. The quantitative estimate of drug-likeness (QED) is 0.665. The average molecular weight is 200 g/mol. The van der Waals surface area contributed by atoms with Crippen molar-refractivity contribution in [3.8, 4) is 0 Å². The molecule has 1 aliphatic rings. The zero-order chi connectivity index (χ0) is 10.9. The van der Waals surface area contributed by atoms with Gasteiger partial charge in [-0.05, 0) is 0 Å². The molecule has 2 unspecified atom stereocenters. The van der Waals surface area contributed by atoms with Gasteiger partial charge < -0.3 is 9.84 Å². The first-order valence-corrected chi connectivity index (χ1v) is 4.72. The Labute approximate surface area is 83.2 Å². The molecule has 1 saturated heterocycles. The van der Waals surface area contributed by atoms with Crippen LogP contribution >= 0.6 is 0 Å². The number of ether oxygens (including phenoxy) is 1. The molecule has 1 N–H and O–H groups in total. The van der Waals surface area contributed by atoms with Crippen molar-refractivity contribution in [2.75, 3.05) is 0 Å². The second-order valence-corrected chi connectivity index (χ2v) is 4.69. The maximum Gasteiger partial charge on any atom is 0.335 e. The third-order valence-corrected chi connectivity index (χ3v) is 2.29. The van der Waals surface area contributed by atoms with Gasteiger partial charge in [-0.1, -0.05) is 20.8 Å². The summed E-state index contributed by atoms with van der Waals surface area (Å²) in [5.74, 6) is -0.568. The standard InChI is InChI=1S/C10H16O4/c1-10(2,3)8(12)5-6-4-7(11)9(13)14-6/h6-7,11H,4-5H2,1-3H3. The maximum atomic E-state index is 11.6. The molecule has 2 atom stereocenters. The van der Waals surface area contributed by atoms with Gasteiger partial charge in [0.15, 0.2) is 6.10 Å². The Morgan fingerprint density at radius 2 is 2.14 bits per heavy atom. The Morgan fingerprint density at radius 1 is 1.57 bits per heavy atom. The van der Waals surface area contributed by atoms with Crippen LogP contribution in [0, 0.1) is 5.41 Å². The number of esters is 1. The van der Waals surface area contributed by atoms with Gasteiger partial charge in [0.25, 0.3) is 0 Å². The Hall–Kier alpha value is -0.900. The van der Waals surface area contributed by atoms with E-state index in [-0.39, 0.29) is 18.6 Å². The van der Waals surface area contributed by atoms with Gasteiger partial charge in [-0.2, -0.15) is 0 Å². The van der Waals surface area contributed by atoms with Crippen molar-refractivity contribution >= 4 is 11.8 Å². The molecule has 4 heteroatoms. The van der Waals surface area contributed by atoms with Gasteiger partial charge in [-0.25, -0.2) is 4.79 Å². The number of rotatable bonds is 2. The van der Waals surface area contributed by atoms with Gasteiger partial charge in [-0.3, -0.25) is 4.79 Å². The summed E-state index contributed by atoms with van der Waals surface area (Å²) < 4.78 is 4.83. The molecular weight excluding hydrogens is 184 g/mol. The highest BCUT2D eigenvalue weighted by Crippen LogP contribution is 2.23. The highest BCUT2D eigenvalue weighted by atomic mass is 16.6. The summed E-state index contributed by atoms with van der Waals surface area (Å²) in [5.41, 5.74) is -0.417. The molecule has 1 rings (SSSR count). The van der Waals surface area contributed by atoms with Crippen molar-refractivity contribution in [3.05, 3.63) is 0 Å². The Balaban J connectivity index is 2.48. The van der Waals surface area contributed by atoms with Crippen LogP contribution in [0.5, 0.6) is 0 Å². The lowest BCUT2D eigenvalue weighted by Gasteiger charge is -2.18. The molecule has 4 nitrogen and oxygen atoms in total.